The van der Waals surface area contributed by atoms with Crippen molar-refractivity contribution in [2.24, 2.45) is 0 Å². The van der Waals surface area contributed by atoms with Gasteiger partial charge in [0.05, 0.1) is 0 Å². The van der Waals surface area contributed by atoms with Crippen LogP contribution in [-0.2, 0) is 0 Å². The van der Waals surface area contributed by atoms with Gasteiger partial charge in [-0.25, -0.2) is 0 Å². The molecule has 2 aliphatic rings. The monoisotopic (exact) mass is 228 g/mol. The highest BCUT2D eigenvalue weighted by Crippen LogP contribution is 2.41. The quantitative estimate of drug-likeness (QED) is 0.721. The Kier molecular flexibility index (Phi) is 2.37. The maximum atomic E-state index is 9.81. The second kappa shape index (κ2) is 3.87. The van der Waals surface area contributed by atoms with E-state index in [9.17, 15) is 5.11 Å². The van der Waals surface area contributed by atoms with E-state index in [4.69, 9.17) is 0 Å². The van der Waals surface area contributed by atoms with Crippen LogP contribution in [0.15, 0.2) is 51.8 Å². The van der Waals surface area contributed by atoms with E-state index >= 15 is 0 Å². The lowest BCUT2D eigenvalue weighted by Gasteiger charge is -2.11. The smallest absolute Gasteiger partial charge is 0.123 e. The number of rotatable bonds is 0. The Hall–Kier alpha value is -1.41. The third-order valence-corrected chi connectivity index (χ3v) is 4.07. The number of hydrogen-bond donors (Lipinski definition) is 1. The Labute approximate surface area is 99.2 Å². The molecule has 1 heterocycles. The number of hydrogen-bond acceptors (Lipinski definition) is 2. The highest BCUT2D eigenvalue weighted by molar-refractivity contribution is 8.03. The Bertz CT molecular complexity index is 524. The summed E-state index contributed by atoms with van der Waals surface area (Å²) >= 11 is 1.75. The first-order valence-electron chi connectivity index (χ1n) is 5.42. The Balaban J connectivity index is 2.12. The molecule has 0 bridgehead atoms. The van der Waals surface area contributed by atoms with Gasteiger partial charge in [-0.1, -0.05) is 36.1 Å². The first-order valence-corrected chi connectivity index (χ1v) is 6.24. The van der Waals surface area contributed by atoms with Gasteiger partial charge in [0.2, 0.25) is 0 Å². The van der Waals surface area contributed by atoms with Gasteiger partial charge in [0, 0.05) is 15.4 Å². The van der Waals surface area contributed by atoms with Crippen LogP contribution in [0.25, 0.3) is 6.08 Å². The number of allylic oxidation sites excluding steroid dienone is 4. The van der Waals surface area contributed by atoms with Crippen molar-refractivity contribution in [3.63, 3.8) is 0 Å². The second-order valence-corrected chi connectivity index (χ2v) is 5.04. The van der Waals surface area contributed by atoms with Gasteiger partial charge >= 0.3 is 0 Å². The van der Waals surface area contributed by atoms with Crippen molar-refractivity contribution in [3.05, 3.63) is 52.5 Å². The molecule has 1 aliphatic carbocycles. The zero-order valence-electron chi connectivity index (χ0n) is 8.81. The second-order valence-electron chi connectivity index (χ2n) is 3.95. The topological polar surface area (TPSA) is 20.2 Å². The Morgan fingerprint density at radius 2 is 2.06 bits per heavy atom. The first kappa shape index (κ1) is 9.79. The lowest BCUT2D eigenvalue weighted by Crippen LogP contribution is -1.87. The fourth-order valence-corrected chi connectivity index (χ4v) is 3.15. The van der Waals surface area contributed by atoms with Crippen LogP contribution < -0.4 is 0 Å². The number of phenols is 1. The predicted octanol–water partition coefficient (Wildman–Crippen LogP) is 4.12. The minimum atomic E-state index is 0.366. The molecule has 0 atom stereocenters. The summed E-state index contributed by atoms with van der Waals surface area (Å²) < 4.78 is 0. The van der Waals surface area contributed by atoms with Crippen molar-refractivity contribution in [3.8, 4) is 5.75 Å². The van der Waals surface area contributed by atoms with Crippen molar-refractivity contribution in [2.45, 2.75) is 17.7 Å². The SMILES string of the molecule is Oc1cccc2c1C=CC1=C(C=CCC1)S2. The molecular formula is C14H12OS. The lowest BCUT2D eigenvalue weighted by atomic mass is 10.0. The van der Waals surface area contributed by atoms with E-state index in [1.807, 2.05) is 12.1 Å². The van der Waals surface area contributed by atoms with E-state index in [-0.39, 0.29) is 0 Å². The lowest BCUT2D eigenvalue weighted by molar-refractivity contribution is 0.472. The zero-order chi connectivity index (χ0) is 11.0. The highest BCUT2D eigenvalue weighted by Gasteiger charge is 2.14. The van der Waals surface area contributed by atoms with Gasteiger partial charge in [0.1, 0.15) is 5.75 Å². The first-order chi connectivity index (χ1) is 7.84. The van der Waals surface area contributed by atoms with Crippen molar-refractivity contribution in [2.75, 3.05) is 0 Å². The van der Waals surface area contributed by atoms with E-state index in [1.165, 1.54) is 10.5 Å². The van der Waals surface area contributed by atoms with Gasteiger partial charge in [-0.2, -0.15) is 0 Å². The van der Waals surface area contributed by atoms with Gasteiger partial charge in [0.15, 0.2) is 0 Å². The summed E-state index contributed by atoms with van der Waals surface area (Å²) in [6, 6.07) is 5.69. The molecular weight excluding hydrogens is 216 g/mol. The molecule has 1 N–H and O–H groups in total. The van der Waals surface area contributed by atoms with Crippen LogP contribution in [0.4, 0.5) is 0 Å². The molecule has 0 aromatic heterocycles. The predicted molar refractivity (Wildman–Crippen MR) is 68.4 cm³/mol. The van der Waals surface area contributed by atoms with Crippen LogP contribution in [-0.4, -0.2) is 5.11 Å². The van der Waals surface area contributed by atoms with E-state index in [1.54, 1.807) is 17.8 Å². The van der Waals surface area contributed by atoms with E-state index in [0.29, 0.717) is 5.75 Å². The van der Waals surface area contributed by atoms with Crippen molar-refractivity contribution >= 4 is 17.8 Å². The maximum Gasteiger partial charge on any atom is 0.123 e. The number of benzene rings is 1. The largest absolute Gasteiger partial charge is 0.507 e. The van der Waals surface area contributed by atoms with Crippen LogP contribution >= 0.6 is 11.8 Å². The average Bonchev–Trinajstić information content (AvgIpc) is 2.48. The molecule has 80 valence electrons. The highest BCUT2D eigenvalue weighted by atomic mass is 32.2. The summed E-state index contributed by atoms with van der Waals surface area (Å²) in [5.41, 5.74) is 2.32. The number of fused-ring (bicyclic) bond motifs is 1. The molecule has 0 radical (unpaired) electrons. The van der Waals surface area contributed by atoms with Gasteiger partial charge in [-0.05, 0) is 36.6 Å². The fraction of sp³-hybridized carbons (Fsp3) is 0.143. The molecule has 1 aliphatic heterocycles. The van der Waals surface area contributed by atoms with Gasteiger partial charge in [-0.15, -0.1) is 0 Å². The van der Waals surface area contributed by atoms with Gasteiger partial charge in [0.25, 0.3) is 0 Å². The summed E-state index contributed by atoms with van der Waals surface area (Å²) in [4.78, 5) is 2.44. The molecule has 0 spiro atoms. The van der Waals surface area contributed by atoms with Crippen LogP contribution in [0.3, 0.4) is 0 Å². The minimum absolute atomic E-state index is 0.366. The molecule has 1 nitrogen and oxygen atoms in total. The number of aromatic hydroxyl groups is 1. The molecule has 0 unspecified atom stereocenters. The van der Waals surface area contributed by atoms with Crippen LogP contribution in [0, 0.1) is 0 Å². The molecule has 0 amide bonds. The third-order valence-electron chi connectivity index (χ3n) is 2.88. The van der Waals surface area contributed by atoms with Gasteiger partial charge in [-0.3, -0.25) is 0 Å². The fourth-order valence-electron chi connectivity index (χ4n) is 2.02. The summed E-state index contributed by atoms with van der Waals surface area (Å²) in [6.45, 7) is 0. The van der Waals surface area contributed by atoms with Crippen molar-refractivity contribution < 1.29 is 5.11 Å². The molecule has 1 aromatic carbocycles. The van der Waals surface area contributed by atoms with Crippen molar-refractivity contribution in [1.29, 1.82) is 0 Å². The van der Waals surface area contributed by atoms with Crippen molar-refractivity contribution in [1.82, 2.24) is 0 Å². The Morgan fingerprint density at radius 1 is 1.12 bits per heavy atom. The summed E-state index contributed by atoms with van der Waals surface area (Å²) in [5.74, 6) is 0.366. The Morgan fingerprint density at radius 3 is 3.00 bits per heavy atom. The number of phenolic OH excluding ortho intramolecular Hbond substituents is 1. The van der Waals surface area contributed by atoms with Gasteiger partial charge < -0.3 is 5.11 Å². The summed E-state index contributed by atoms with van der Waals surface area (Å²) in [7, 11) is 0. The molecule has 1 aromatic rings. The number of thioether (sulfide) groups is 1. The summed E-state index contributed by atoms with van der Waals surface area (Å²) in [5, 5.41) is 9.81. The molecule has 16 heavy (non-hydrogen) atoms. The normalized spacial score (nSPS) is 18.0. The molecule has 0 saturated heterocycles. The van der Waals surface area contributed by atoms with E-state index in [0.717, 1.165) is 23.3 Å². The molecule has 3 rings (SSSR count). The summed E-state index contributed by atoms with van der Waals surface area (Å²) in [6.07, 6.45) is 10.8. The van der Waals surface area contributed by atoms with E-state index < -0.39 is 0 Å². The maximum absolute atomic E-state index is 9.81. The minimum Gasteiger partial charge on any atom is -0.507 e. The molecule has 0 saturated carbocycles. The molecule has 2 heteroatoms. The van der Waals surface area contributed by atoms with Crippen LogP contribution in [0.2, 0.25) is 0 Å². The third kappa shape index (κ3) is 1.59. The standard InChI is InChI=1S/C14H12OS/c15-12-5-3-7-14-11(12)9-8-10-4-1-2-6-13(10)16-14/h2-3,5-9,15H,1,4H2. The van der Waals surface area contributed by atoms with E-state index in [2.05, 4.69) is 24.3 Å². The van der Waals surface area contributed by atoms with Crippen LogP contribution in [0.1, 0.15) is 18.4 Å². The molecule has 0 fully saturated rings. The van der Waals surface area contributed by atoms with Crippen LogP contribution in [0.5, 0.6) is 5.75 Å². The zero-order valence-corrected chi connectivity index (χ0v) is 9.63. The average molecular weight is 228 g/mol.